The number of aryl methyl sites for hydroxylation is 1. The molecule has 0 spiro atoms. The summed E-state index contributed by atoms with van der Waals surface area (Å²) in [5, 5.41) is 0. The van der Waals surface area contributed by atoms with Crippen LogP contribution in [0, 0.1) is 5.82 Å². The van der Waals surface area contributed by atoms with Crippen LogP contribution in [0.2, 0.25) is 0 Å². The van der Waals surface area contributed by atoms with Crippen molar-refractivity contribution < 1.29 is 13.5 Å². The molecule has 1 unspecified atom stereocenters. The van der Waals surface area contributed by atoms with Crippen molar-refractivity contribution in [2.45, 2.75) is 123 Å². The number of aromatic nitrogens is 1. The Hall–Kier alpha value is -1.97. The lowest BCUT2D eigenvalue weighted by Crippen LogP contribution is -2.02. The summed E-state index contributed by atoms with van der Waals surface area (Å²) in [6.45, 7) is 4.98. The number of unbranched alkanes of at least 4 members (excludes halogenated alkanes) is 11. The van der Waals surface area contributed by atoms with E-state index in [1.165, 1.54) is 63.9 Å². The Kier molecular flexibility index (Phi) is 15.3. The van der Waals surface area contributed by atoms with Crippen LogP contribution in [-0.4, -0.2) is 17.8 Å². The first-order valence-electron chi connectivity index (χ1n) is 14.2. The second-order valence-electron chi connectivity index (χ2n) is 9.86. The van der Waals surface area contributed by atoms with Crippen molar-refractivity contribution in [1.82, 2.24) is 4.98 Å². The molecular weight excluding hydrogens is 440 g/mol. The number of ether oxygens (including phenoxy) is 1. The second kappa shape index (κ2) is 18.3. The molecule has 2 rings (SSSR count). The van der Waals surface area contributed by atoms with E-state index in [0.717, 1.165) is 42.5 Å². The predicted octanol–water partition coefficient (Wildman–Crippen LogP) is 10.0. The largest absolute Gasteiger partial charge is 0.491 e. The van der Waals surface area contributed by atoms with Crippen LogP contribution in [0.5, 0.6) is 5.75 Å². The first-order valence-corrected chi connectivity index (χ1v) is 14.2. The lowest BCUT2D eigenvalue weighted by atomic mass is 10.0. The van der Waals surface area contributed by atoms with Crippen molar-refractivity contribution in [3.05, 3.63) is 47.9 Å². The number of benzene rings is 1. The predicted molar refractivity (Wildman–Crippen MR) is 144 cm³/mol. The molecule has 0 saturated carbocycles. The summed E-state index contributed by atoms with van der Waals surface area (Å²) in [6, 6.07) is 8.89. The van der Waals surface area contributed by atoms with Gasteiger partial charge in [-0.3, -0.25) is 4.98 Å². The zero-order chi connectivity index (χ0) is 25.1. The van der Waals surface area contributed by atoms with Crippen molar-refractivity contribution in [2.75, 3.05) is 6.61 Å². The summed E-state index contributed by atoms with van der Waals surface area (Å²) in [5.74, 6) is -0.0566. The zero-order valence-electron chi connectivity index (χ0n) is 22.2. The van der Waals surface area contributed by atoms with Gasteiger partial charge in [-0.05, 0) is 55.5 Å². The van der Waals surface area contributed by atoms with Crippen LogP contribution in [0.15, 0.2) is 36.5 Å². The molecule has 2 aromatic rings. The molecule has 1 heterocycles. The van der Waals surface area contributed by atoms with E-state index in [2.05, 4.69) is 18.8 Å². The van der Waals surface area contributed by atoms with Crippen molar-refractivity contribution in [3.63, 3.8) is 0 Å². The summed E-state index contributed by atoms with van der Waals surface area (Å²) in [6.07, 6.45) is 18.5. The van der Waals surface area contributed by atoms with E-state index in [9.17, 15) is 8.78 Å². The molecule has 0 aliphatic rings. The van der Waals surface area contributed by atoms with Gasteiger partial charge in [0.1, 0.15) is 6.17 Å². The fraction of sp³-hybridized carbons (Fsp3) is 0.645. The van der Waals surface area contributed by atoms with Crippen LogP contribution < -0.4 is 4.74 Å². The average molecular weight is 488 g/mol. The minimum Gasteiger partial charge on any atom is -0.491 e. The monoisotopic (exact) mass is 487 g/mol. The number of nitrogens with zero attached hydrogens (tertiary/aromatic N) is 1. The summed E-state index contributed by atoms with van der Waals surface area (Å²) in [7, 11) is 0. The number of hydrogen-bond donors (Lipinski definition) is 0. The van der Waals surface area contributed by atoms with Gasteiger partial charge in [0.2, 0.25) is 0 Å². The Balaban J connectivity index is 1.69. The first-order chi connectivity index (χ1) is 17.1. The van der Waals surface area contributed by atoms with Crippen LogP contribution in [0.4, 0.5) is 8.78 Å². The van der Waals surface area contributed by atoms with E-state index in [4.69, 9.17) is 4.74 Å². The molecule has 1 atom stereocenters. The number of pyridine rings is 1. The normalized spacial score (nSPS) is 12.1. The number of alkyl halides is 1. The molecule has 196 valence electrons. The van der Waals surface area contributed by atoms with Gasteiger partial charge in [-0.1, -0.05) is 97.0 Å². The minimum atomic E-state index is -0.747. The number of halogens is 2. The average Bonchev–Trinajstić information content (AvgIpc) is 2.87. The maximum absolute atomic E-state index is 14.5. The highest BCUT2D eigenvalue weighted by Gasteiger charge is 2.09. The van der Waals surface area contributed by atoms with E-state index in [1.54, 1.807) is 12.3 Å². The van der Waals surface area contributed by atoms with Crippen molar-refractivity contribution in [3.8, 4) is 17.0 Å². The fourth-order valence-corrected chi connectivity index (χ4v) is 4.38. The molecular formula is C31H47F2NO. The van der Waals surface area contributed by atoms with Gasteiger partial charge in [0, 0.05) is 11.8 Å². The van der Waals surface area contributed by atoms with Crippen LogP contribution in [-0.2, 0) is 6.42 Å². The molecule has 0 amide bonds. The van der Waals surface area contributed by atoms with Gasteiger partial charge < -0.3 is 4.74 Å². The van der Waals surface area contributed by atoms with Crippen molar-refractivity contribution >= 4 is 0 Å². The highest BCUT2D eigenvalue weighted by Crippen LogP contribution is 2.25. The molecule has 0 fully saturated rings. The molecule has 0 saturated heterocycles. The molecule has 0 N–H and O–H groups in total. The van der Waals surface area contributed by atoms with Gasteiger partial charge in [-0.2, -0.15) is 0 Å². The minimum absolute atomic E-state index is 0.300. The summed E-state index contributed by atoms with van der Waals surface area (Å²) in [4.78, 5) is 4.49. The lowest BCUT2D eigenvalue weighted by Gasteiger charge is -2.10. The van der Waals surface area contributed by atoms with Gasteiger partial charge >= 0.3 is 0 Å². The van der Waals surface area contributed by atoms with E-state index in [1.807, 2.05) is 18.2 Å². The third-order valence-electron chi connectivity index (χ3n) is 6.67. The van der Waals surface area contributed by atoms with Gasteiger partial charge in [0.05, 0.1) is 12.3 Å². The smallest absolute Gasteiger partial charge is 0.165 e. The first kappa shape index (κ1) is 29.3. The molecule has 1 aromatic carbocycles. The molecule has 2 nitrogen and oxygen atoms in total. The third kappa shape index (κ3) is 12.5. The van der Waals surface area contributed by atoms with Crippen LogP contribution in [0.3, 0.4) is 0 Å². The Bertz CT molecular complexity index is 793. The second-order valence-corrected chi connectivity index (χ2v) is 9.86. The third-order valence-corrected chi connectivity index (χ3v) is 6.67. The van der Waals surface area contributed by atoms with Gasteiger partial charge in [0.25, 0.3) is 0 Å². The van der Waals surface area contributed by atoms with Gasteiger partial charge in [0.15, 0.2) is 11.6 Å². The van der Waals surface area contributed by atoms with E-state index in [0.29, 0.717) is 31.6 Å². The highest BCUT2D eigenvalue weighted by molar-refractivity contribution is 5.60. The Morgan fingerprint density at radius 2 is 1.43 bits per heavy atom. The maximum atomic E-state index is 14.5. The molecule has 0 aliphatic carbocycles. The molecule has 0 radical (unpaired) electrons. The van der Waals surface area contributed by atoms with E-state index >= 15 is 0 Å². The molecule has 1 aromatic heterocycles. The van der Waals surface area contributed by atoms with Crippen LogP contribution >= 0.6 is 0 Å². The summed E-state index contributed by atoms with van der Waals surface area (Å²) < 4.78 is 34.4. The van der Waals surface area contributed by atoms with E-state index in [-0.39, 0.29) is 5.82 Å². The topological polar surface area (TPSA) is 22.1 Å². The Morgan fingerprint density at radius 1 is 0.771 bits per heavy atom. The molecule has 35 heavy (non-hydrogen) atoms. The van der Waals surface area contributed by atoms with E-state index < -0.39 is 6.17 Å². The molecule has 0 bridgehead atoms. The van der Waals surface area contributed by atoms with Crippen LogP contribution in [0.25, 0.3) is 11.3 Å². The lowest BCUT2D eigenvalue weighted by molar-refractivity contribution is 0.287. The quantitative estimate of drug-likeness (QED) is 0.173. The highest BCUT2D eigenvalue weighted by atomic mass is 19.1. The zero-order valence-corrected chi connectivity index (χ0v) is 22.2. The summed E-state index contributed by atoms with van der Waals surface area (Å²) in [5.41, 5.74) is 2.47. The van der Waals surface area contributed by atoms with Gasteiger partial charge in [-0.25, -0.2) is 8.78 Å². The fourth-order valence-electron chi connectivity index (χ4n) is 4.38. The molecule has 0 aliphatic heterocycles. The summed E-state index contributed by atoms with van der Waals surface area (Å²) >= 11 is 0. The van der Waals surface area contributed by atoms with Crippen molar-refractivity contribution in [2.24, 2.45) is 0 Å². The number of hydrogen-bond acceptors (Lipinski definition) is 2. The maximum Gasteiger partial charge on any atom is 0.165 e. The SMILES string of the molecule is CCCCCCCCCC(F)CCc1ccc(-c2ccc(OCCCCCCCC)c(F)c2)nc1. The molecule has 4 heteroatoms. The Morgan fingerprint density at radius 3 is 2.06 bits per heavy atom. The van der Waals surface area contributed by atoms with Crippen LogP contribution in [0.1, 0.15) is 116 Å². The Labute approximate surface area is 212 Å². The number of rotatable bonds is 20. The standard InChI is InChI=1S/C31H47F2NO/c1-3-5-7-9-11-12-14-16-28(32)20-17-26-18-21-30(34-25-26)27-19-22-31(29(33)24-27)35-23-15-13-10-8-6-4-2/h18-19,21-22,24-25,28H,3-17,20,23H2,1-2H3. The van der Waals surface area contributed by atoms with Gasteiger partial charge in [-0.15, -0.1) is 0 Å². The van der Waals surface area contributed by atoms with Crippen molar-refractivity contribution in [1.29, 1.82) is 0 Å².